The van der Waals surface area contributed by atoms with E-state index in [0.717, 1.165) is 0 Å². The van der Waals surface area contributed by atoms with Gasteiger partial charge in [0.25, 0.3) is 0 Å². The molecule has 0 radical (unpaired) electrons. The van der Waals surface area contributed by atoms with Crippen molar-refractivity contribution in [2.45, 2.75) is 36.4 Å². The fourth-order valence-corrected chi connectivity index (χ4v) is 4.47. The number of hydrogen-bond donors (Lipinski definition) is 7. The van der Waals surface area contributed by atoms with Gasteiger partial charge in [0.2, 0.25) is 11.7 Å². The van der Waals surface area contributed by atoms with E-state index < -0.39 is 29.6 Å². The Kier molecular flexibility index (Phi) is 3.72. The maximum absolute atomic E-state index is 10.7. The average molecular weight is 439 g/mol. The standard InChI is InChI=1S/C11H18IN7O4/c12-19-5(1-4-23-9(15)20)6-11(17-7(13)16-6)10(21,22)2-3-18(11)8(19)14/h5-6,14,21-22H,1-4H2,(H2,15,20)(H3,13,16,17)/t5-,6?,11?/m0/s1. The van der Waals surface area contributed by atoms with E-state index in [1.54, 1.807) is 8.01 Å². The molecule has 3 fully saturated rings. The molecule has 23 heavy (non-hydrogen) atoms. The van der Waals surface area contributed by atoms with Crippen LogP contribution in [0.5, 0.6) is 0 Å². The molecular formula is C11H18IN7O4. The van der Waals surface area contributed by atoms with Crippen molar-refractivity contribution < 1.29 is 19.7 Å². The Morgan fingerprint density at radius 3 is 2.87 bits per heavy atom. The summed E-state index contributed by atoms with van der Waals surface area (Å²) in [7, 11) is 0. The van der Waals surface area contributed by atoms with Gasteiger partial charge in [0.05, 0.1) is 41.6 Å². The van der Waals surface area contributed by atoms with E-state index in [1.807, 2.05) is 22.9 Å². The molecular weight excluding hydrogens is 421 g/mol. The van der Waals surface area contributed by atoms with Crippen molar-refractivity contribution in [3.05, 3.63) is 0 Å². The lowest BCUT2D eigenvalue weighted by Gasteiger charge is -2.53. The molecule has 1 spiro atoms. The second-order valence-electron chi connectivity index (χ2n) is 5.76. The lowest BCUT2D eigenvalue weighted by atomic mass is 9.85. The smallest absolute Gasteiger partial charge is 0.404 e. The first-order valence-corrected chi connectivity index (χ1v) is 7.98. The Bertz CT molecular complexity index is 573. The molecule has 8 N–H and O–H groups in total. The minimum atomic E-state index is -2.11. The van der Waals surface area contributed by atoms with Crippen LogP contribution in [0, 0.1) is 10.8 Å². The normalized spacial score (nSPS) is 34.6. The molecule has 12 heteroatoms. The van der Waals surface area contributed by atoms with Crippen LogP contribution in [0.4, 0.5) is 4.79 Å². The summed E-state index contributed by atoms with van der Waals surface area (Å²) in [5, 5.41) is 42.9. The van der Waals surface area contributed by atoms with Crippen LogP contribution in [0.2, 0.25) is 0 Å². The van der Waals surface area contributed by atoms with Gasteiger partial charge in [0.15, 0.2) is 11.6 Å². The first-order valence-electron chi connectivity index (χ1n) is 7.02. The van der Waals surface area contributed by atoms with Gasteiger partial charge >= 0.3 is 6.09 Å². The summed E-state index contributed by atoms with van der Waals surface area (Å²) in [5.74, 6) is -2.06. The summed E-state index contributed by atoms with van der Waals surface area (Å²) in [4.78, 5) is 12.3. The Labute approximate surface area is 145 Å². The second-order valence-corrected chi connectivity index (χ2v) is 6.80. The number of nitrogens with zero attached hydrogens (tertiary/aromatic N) is 2. The van der Waals surface area contributed by atoms with E-state index in [9.17, 15) is 15.0 Å². The van der Waals surface area contributed by atoms with Crippen LogP contribution in [0.15, 0.2) is 0 Å². The quantitative estimate of drug-likeness (QED) is 0.151. The third kappa shape index (κ3) is 2.19. The number of nitrogens with one attached hydrogen (secondary N) is 4. The molecule has 0 aromatic rings. The summed E-state index contributed by atoms with van der Waals surface area (Å²) >= 11 is 1.96. The molecule has 3 aliphatic heterocycles. The number of nitrogens with two attached hydrogens (primary N) is 1. The largest absolute Gasteiger partial charge is 0.450 e. The molecule has 0 bridgehead atoms. The molecule has 3 heterocycles. The highest BCUT2D eigenvalue weighted by molar-refractivity contribution is 14.1. The Hall–Kier alpha value is -1.54. The Balaban J connectivity index is 1.94. The summed E-state index contributed by atoms with van der Waals surface area (Å²) in [6.45, 7) is 0.298. The Morgan fingerprint density at radius 2 is 2.22 bits per heavy atom. The van der Waals surface area contributed by atoms with E-state index in [4.69, 9.17) is 21.3 Å². The monoisotopic (exact) mass is 439 g/mol. The molecule has 3 aliphatic rings. The van der Waals surface area contributed by atoms with Crippen molar-refractivity contribution in [3.63, 3.8) is 0 Å². The minimum Gasteiger partial charge on any atom is -0.450 e. The lowest BCUT2D eigenvalue weighted by Crippen LogP contribution is -2.79. The zero-order chi connectivity index (χ0) is 17.0. The molecule has 2 unspecified atom stereocenters. The van der Waals surface area contributed by atoms with E-state index in [2.05, 4.69) is 10.6 Å². The molecule has 0 aromatic heterocycles. The maximum Gasteiger partial charge on any atom is 0.404 e. The van der Waals surface area contributed by atoms with Gasteiger partial charge in [-0.05, 0) is 0 Å². The van der Waals surface area contributed by atoms with E-state index >= 15 is 0 Å². The van der Waals surface area contributed by atoms with E-state index in [-0.39, 0.29) is 31.5 Å². The van der Waals surface area contributed by atoms with Crippen molar-refractivity contribution in [2.24, 2.45) is 5.73 Å². The average Bonchev–Trinajstić information content (AvgIpc) is 2.92. The number of primary amides is 1. The predicted octanol–water partition coefficient (Wildman–Crippen LogP) is -1.98. The van der Waals surface area contributed by atoms with Crippen LogP contribution in [-0.4, -0.2) is 72.9 Å². The third-order valence-corrected chi connectivity index (χ3v) is 5.75. The highest BCUT2D eigenvalue weighted by Gasteiger charge is 2.71. The van der Waals surface area contributed by atoms with Crippen molar-refractivity contribution >= 4 is 40.9 Å². The topological polar surface area (TPSA) is 171 Å². The van der Waals surface area contributed by atoms with Gasteiger partial charge in [-0.2, -0.15) is 0 Å². The molecule has 1 amide bonds. The van der Waals surface area contributed by atoms with Gasteiger partial charge in [-0.3, -0.25) is 13.9 Å². The van der Waals surface area contributed by atoms with Crippen LogP contribution in [0.25, 0.3) is 0 Å². The van der Waals surface area contributed by atoms with Crippen molar-refractivity contribution in [1.29, 1.82) is 10.8 Å². The van der Waals surface area contributed by atoms with Gasteiger partial charge in [-0.15, -0.1) is 0 Å². The van der Waals surface area contributed by atoms with E-state index in [1.165, 1.54) is 0 Å². The van der Waals surface area contributed by atoms with Crippen LogP contribution < -0.4 is 16.4 Å². The molecule has 0 saturated carbocycles. The summed E-state index contributed by atoms with van der Waals surface area (Å²) in [5.41, 5.74) is 3.55. The SMILES string of the molecule is N=C1NC2[C@H](CCOC(N)=O)N(I)C(=N)N3CCC(O)(O)C23N1. The van der Waals surface area contributed by atoms with E-state index in [0.29, 0.717) is 6.42 Å². The zero-order valence-corrected chi connectivity index (χ0v) is 14.2. The number of halogens is 1. The molecule has 0 aromatic carbocycles. The molecule has 3 saturated heterocycles. The van der Waals surface area contributed by atoms with Crippen LogP contribution in [0.1, 0.15) is 12.8 Å². The highest BCUT2D eigenvalue weighted by atomic mass is 127. The lowest BCUT2D eigenvalue weighted by molar-refractivity contribution is -0.225. The van der Waals surface area contributed by atoms with Crippen molar-refractivity contribution in [3.8, 4) is 0 Å². The molecule has 3 atom stereocenters. The van der Waals surface area contributed by atoms with Gasteiger partial charge < -0.3 is 36.2 Å². The third-order valence-electron chi connectivity index (χ3n) is 4.58. The van der Waals surface area contributed by atoms with Crippen LogP contribution in [0.3, 0.4) is 0 Å². The van der Waals surface area contributed by atoms with Crippen molar-refractivity contribution in [1.82, 2.24) is 18.6 Å². The Morgan fingerprint density at radius 1 is 1.52 bits per heavy atom. The van der Waals surface area contributed by atoms with Crippen LogP contribution >= 0.6 is 22.9 Å². The number of guanidine groups is 2. The van der Waals surface area contributed by atoms with Gasteiger partial charge in [-0.25, -0.2) is 4.79 Å². The number of rotatable bonds is 3. The molecule has 0 aliphatic carbocycles. The summed E-state index contributed by atoms with van der Waals surface area (Å²) in [6, 6.07) is -0.999. The molecule has 11 nitrogen and oxygen atoms in total. The number of carbonyl (C=O) groups excluding carboxylic acids is 1. The number of ether oxygens (including phenoxy) is 1. The molecule has 128 valence electrons. The maximum atomic E-state index is 10.7. The first-order chi connectivity index (χ1) is 10.7. The summed E-state index contributed by atoms with van der Waals surface area (Å²) in [6.07, 6.45) is -0.535. The second kappa shape index (κ2) is 5.24. The fourth-order valence-electron chi connectivity index (χ4n) is 3.61. The number of amides is 1. The predicted molar refractivity (Wildman–Crippen MR) is 86.5 cm³/mol. The summed E-state index contributed by atoms with van der Waals surface area (Å²) < 4.78 is 6.40. The number of hydrogen-bond acceptors (Lipinski definition) is 6. The van der Waals surface area contributed by atoms with Crippen molar-refractivity contribution in [2.75, 3.05) is 13.2 Å². The highest BCUT2D eigenvalue weighted by Crippen LogP contribution is 2.46. The fraction of sp³-hybridized carbons (Fsp3) is 0.727. The van der Waals surface area contributed by atoms with Gasteiger partial charge in [-0.1, -0.05) is 0 Å². The van der Waals surface area contributed by atoms with Crippen LogP contribution in [-0.2, 0) is 4.74 Å². The number of aliphatic hydroxyl groups is 2. The first kappa shape index (κ1) is 16.3. The minimum absolute atomic E-state index is 0.0260. The van der Waals surface area contributed by atoms with Gasteiger partial charge in [0.1, 0.15) is 0 Å². The van der Waals surface area contributed by atoms with Gasteiger partial charge in [0, 0.05) is 19.4 Å². The molecule has 3 rings (SSSR count). The number of carbonyl (C=O) groups is 1. The zero-order valence-electron chi connectivity index (χ0n) is 12.0.